The summed E-state index contributed by atoms with van der Waals surface area (Å²) in [5, 5.41) is 19.8. The molecule has 1 heterocycles. The van der Waals surface area contributed by atoms with Crippen LogP contribution in [-0.2, 0) is 6.42 Å². The largest absolute Gasteiger partial charge is 0.387 e. The lowest BCUT2D eigenvalue weighted by Crippen LogP contribution is -1.99. The van der Waals surface area contributed by atoms with Gasteiger partial charge >= 0.3 is 0 Å². The van der Waals surface area contributed by atoms with Crippen LogP contribution in [0.4, 0.5) is 0 Å². The van der Waals surface area contributed by atoms with Crippen molar-refractivity contribution >= 4 is 0 Å². The third kappa shape index (κ3) is 2.90. The molecule has 4 nitrogen and oxygen atoms in total. The van der Waals surface area contributed by atoms with E-state index in [1.807, 2.05) is 18.2 Å². The molecule has 0 saturated heterocycles. The fourth-order valence-corrected chi connectivity index (χ4v) is 1.66. The average Bonchev–Trinajstić information content (AvgIpc) is 2.84. The van der Waals surface area contributed by atoms with E-state index >= 15 is 0 Å². The molecule has 0 fully saturated rings. The zero-order valence-electron chi connectivity index (χ0n) is 9.00. The minimum absolute atomic E-state index is 0.512. The van der Waals surface area contributed by atoms with Gasteiger partial charge in [0, 0.05) is 0 Å². The van der Waals surface area contributed by atoms with E-state index < -0.39 is 6.10 Å². The van der Waals surface area contributed by atoms with E-state index in [9.17, 15) is 5.11 Å². The maximum atomic E-state index is 9.76. The number of nitrogens with one attached hydrogen (secondary N) is 1. The predicted octanol–water partition coefficient (Wildman–Crippen LogP) is 1.86. The van der Waals surface area contributed by atoms with Crippen LogP contribution in [0.25, 0.3) is 0 Å². The first kappa shape index (κ1) is 10.8. The van der Waals surface area contributed by atoms with Gasteiger partial charge in [-0.05, 0) is 24.8 Å². The Labute approximate surface area is 94.3 Å². The van der Waals surface area contributed by atoms with E-state index in [0.29, 0.717) is 12.1 Å². The van der Waals surface area contributed by atoms with Gasteiger partial charge in [0.1, 0.15) is 5.69 Å². The second-order valence-corrected chi connectivity index (χ2v) is 3.79. The second-order valence-electron chi connectivity index (χ2n) is 3.79. The molecule has 1 aromatic carbocycles. The Morgan fingerprint density at radius 2 is 2.06 bits per heavy atom. The Hall–Kier alpha value is -1.68. The highest BCUT2D eigenvalue weighted by Gasteiger charge is 2.09. The topological polar surface area (TPSA) is 61.8 Å². The van der Waals surface area contributed by atoms with E-state index in [1.165, 1.54) is 5.56 Å². The van der Waals surface area contributed by atoms with Gasteiger partial charge in [0.25, 0.3) is 0 Å². The van der Waals surface area contributed by atoms with Crippen molar-refractivity contribution in [1.29, 1.82) is 0 Å². The molecule has 0 aliphatic heterocycles. The highest BCUT2D eigenvalue weighted by molar-refractivity contribution is 5.14. The molecule has 1 aromatic heterocycles. The molecule has 0 bridgehead atoms. The van der Waals surface area contributed by atoms with Crippen molar-refractivity contribution < 1.29 is 5.11 Å². The van der Waals surface area contributed by atoms with E-state index in [2.05, 4.69) is 27.5 Å². The summed E-state index contributed by atoms with van der Waals surface area (Å²) in [5.74, 6) is 0. The molecule has 0 aliphatic carbocycles. The van der Waals surface area contributed by atoms with Crippen molar-refractivity contribution in [3.63, 3.8) is 0 Å². The third-order valence-corrected chi connectivity index (χ3v) is 2.56. The van der Waals surface area contributed by atoms with Gasteiger partial charge < -0.3 is 5.11 Å². The lowest BCUT2D eigenvalue weighted by atomic mass is 10.1. The Morgan fingerprint density at radius 3 is 2.75 bits per heavy atom. The van der Waals surface area contributed by atoms with Crippen LogP contribution in [0.15, 0.2) is 36.5 Å². The minimum atomic E-state index is -0.512. The maximum absolute atomic E-state index is 9.76. The number of rotatable bonds is 5. The summed E-state index contributed by atoms with van der Waals surface area (Å²) in [4.78, 5) is 0. The molecule has 1 atom stereocenters. The van der Waals surface area contributed by atoms with Gasteiger partial charge in [0.2, 0.25) is 0 Å². The summed E-state index contributed by atoms with van der Waals surface area (Å²) in [5.41, 5.74) is 1.92. The van der Waals surface area contributed by atoms with Crippen LogP contribution >= 0.6 is 0 Å². The monoisotopic (exact) mass is 217 g/mol. The second kappa shape index (κ2) is 5.42. The average molecular weight is 217 g/mol. The van der Waals surface area contributed by atoms with Crippen molar-refractivity contribution in [2.24, 2.45) is 0 Å². The third-order valence-electron chi connectivity index (χ3n) is 2.56. The van der Waals surface area contributed by atoms with Crippen molar-refractivity contribution in [2.45, 2.75) is 25.4 Å². The van der Waals surface area contributed by atoms with Gasteiger partial charge in [0.15, 0.2) is 0 Å². The van der Waals surface area contributed by atoms with Crippen molar-refractivity contribution in [3.8, 4) is 0 Å². The molecule has 2 rings (SSSR count). The van der Waals surface area contributed by atoms with Crippen molar-refractivity contribution in [2.75, 3.05) is 0 Å². The van der Waals surface area contributed by atoms with E-state index in [4.69, 9.17) is 0 Å². The Morgan fingerprint density at radius 1 is 1.25 bits per heavy atom. The summed E-state index contributed by atoms with van der Waals surface area (Å²) in [6.07, 6.45) is 3.69. The quantitative estimate of drug-likeness (QED) is 0.803. The number of hydrogen-bond acceptors (Lipinski definition) is 3. The van der Waals surface area contributed by atoms with Crippen LogP contribution in [-0.4, -0.2) is 20.5 Å². The van der Waals surface area contributed by atoms with Crippen LogP contribution in [0.1, 0.15) is 30.2 Å². The van der Waals surface area contributed by atoms with Gasteiger partial charge in [-0.25, -0.2) is 0 Å². The molecule has 0 saturated carbocycles. The number of nitrogens with zero attached hydrogens (tertiary/aromatic N) is 2. The minimum Gasteiger partial charge on any atom is -0.387 e. The number of aryl methyl sites for hydroxylation is 1. The SMILES string of the molecule is OC(CCCc1ccccc1)c1cn[nH]n1. The molecular formula is C12H15N3O. The number of aliphatic hydroxyl groups is 1. The normalized spacial score (nSPS) is 12.6. The molecule has 84 valence electrons. The molecule has 0 amide bonds. The molecule has 1 unspecified atom stereocenters. The zero-order valence-corrected chi connectivity index (χ0v) is 9.00. The van der Waals surface area contributed by atoms with E-state index in [-0.39, 0.29) is 0 Å². The van der Waals surface area contributed by atoms with Gasteiger partial charge in [-0.15, -0.1) is 0 Å². The van der Waals surface area contributed by atoms with Crippen LogP contribution in [0.2, 0.25) is 0 Å². The van der Waals surface area contributed by atoms with Crippen LogP contribution in [0, 0.1) is 0 Å². The van der Waals surface area contributed by atoms with Gasteiger partial charge in [-0.3, -0.25) is 0 Å². The number of benzene rings is 1. The first-order valence-electron chi connectivity index (χ1n) is 5.44. The molecule has 2 aromatic rings. The lowest BCUT2D eigenvalue weighted by molar-refractivity contribution is 0.160. The highest BCUT2D eigenvalue weighted by atomic mass is 16.3. The summed E-state index contributed by atoms with van der Waals surface area (Å²) in [6, 6.07) is 10.3. The fourth-order valence-electron chi connectivity index (χ4n) is 1.66. The van der Waals surface area contributed by atoms with Crippen molar-refractivity contribution in [1.82, 2.24) is 15.4 Å². The standard InChI is InChI=1S/C12H15N3O/c16-12(11-9-13-15-14-11)8-4-7-10-5-2-1-3-6-10/h1-3,5-6,9,12,16H,4,7-8H2,(H,13,14,15). The molecule has 0 spiro atoms. The first-order chi connectivity index (χ1) is 7.86. The molecule has 0 aliphatic rings. The number of aromatic nitrogens is 3. The van der Waals surface area contributed by atoms with Crippen LogP contribution < -0.4 is 0 Å². The summed E-state index contributed by atoms with van der Waals surface area (Å²) < 4.78 is 0. The summed E-state index contributed by atoms with van der Waals surface area (Å²) >= 11 is 0. The van der Waals surface area contributed by atoms with Gasteiger partial charge in [-0.1, -0.05) is 30.3 Å². The first-order valence-corrected chi connectivity index (χ1v) is 5.44. The van der Waals surface area contributed by atoms with E-state index in [1.54, 1.807) is 6.20 Å². The van der Waals surface area contributed by atoms with Crippen LogP contribution in [0.5, 0.6) is 0 Å². The lowest BCUT2D eigenvalue weighted by Gasteiger charge is -2.06. The summed E-state index contributed by atoms with van der Waals surface area (Å²) in [6.45, 7) is 0. The number of hydrogen-bond donors (Lipinski definition) is 2. The van der Waals surface area contributed by atoms with E-state index in [0.717, 1.165) is 12.8 Å². The molecule has 16 heavy (non-hydrogen) atoms. The number of aromatic amines is 1. The Balaban J connectivity index is 1.76. The highest BCUT2D eigenvalue weighted by Crippen LogP contribution is 2.16. The Kier molecular flexibility index (Phi) is 3.66. The predicted molar refractivity (Wildman–Crippen MR) is 60.7 cm³/mol. The molecule has 4 heteroatoms. The van der Waals surface area contributed by atoms with Gasteiger partial charge in [0.05, 0.1) is 12.3 Å². The number of aliphatic hydroxyl groups excluding tert-OH is 1. The molecular weight excluding hydrogens is 202 g/mol. The zero-order chi connectivity index (χ0) is 11.2. The molecule has 2 N–H and O–H groups in total. The number of H-pyrrole nitrogens is 1. The molecule has 0 radical (unpaired) electrons. The maximum Gasteiger partial charge on any atom is 0.111 e. The fraction of sp³-hybridized carbons (Fsp3) is 0.333. The van der Waals surface area contributed by atoms with Crippen LogP contribution in [0.3, 0.4) is 0 Å². The van der Waals surface area contributed by atoms with Crippen molar-refractivity contribution in [3.05, 3.63) is 47.8 Å². The summed E-state index contributed by atoms with van der Waals surface area (Å²) in [7, 11) is 0. The van der Waals surface area contributed by atoms with Gasteiger partial charge in [-0.2, -0.15) is 15.4 Å². The smallest absolute Gasteiger partial charge is 0.111 e. The Bertz CT molecular complexity index is 399.